The number of hydrogen-bond acceptors (Lipinski definition) is 5. The van der Waals surface area contributed by atoms with Gasteiger partial charge in [0.2, 0.25) is 0 Å². The molecule has 0 aromatic heterocycles. The van der Waals surface area contributed by atoms with Crippen LogP contribution in [0.15, 0.2) is 46.7 Å². The van der Waals surface area contributed by atoms with Crippen LogP contribution < -0.4 is 4.90 Å². The second-order valence-corrected chi connectivity index (χ2v) is 7.40. The Bertz CT molecular complexity index is 982. The monoisotopic (exact) mass is 362 g/mol. The summed E-state index contributed by atoms with van der Waals surface area (Å²) in [7, 11) is 0. The number of aryl methyl sites for hydroxylation is 4. The molecule has 6 heteroatoms. The molecule has 0 N–H and O–H groups in total. The summed E-state index contributed by atoms with van der Waals surface area (Å²) < 4.78 is 0. The maximum Gasteiger partial charge on any atom is 0.263 e. The van der Waals surface area contributed by atoms with Gasteiger partial charge in [0.25, 0.3) is 11.8 Å². The Balaban J connectivity index is 1.63. The number of carbonyl (C=O) groups is 2. The topological polar surface area (TPSA) is 65.3 Å². The van der Waals surface area contributed by atoms with Gasteiger partial charge >= 0.3 is 0 Å². The van der Waals surface area contributed by atoms with Gasteiger partial charge in [-0.2, -0.15) is 5.11 Å². The Kier molecular flexibility index (Phi) is 4.06. The van der Waals surface area contributed by atoms with Crippen molar-refractivity contribution in [1.29, 1.82) is 0 Å². The lowest BCUT2D eigenvalue weighted by Gasteiger charge is -2.22. The molecule has 138 valence electrons. The third-order valence-corrected chi connectivity index (χ3v) is 5.44. The maximum atomic E-state index is 13.1. The first-order valence-corrected chi connectivity index (χ1v) is 9.05. The van der Waals surface area contributed by atoms with Crippen LogP contribution in [-0.2, 0) is 16.1 Å². The van der Waals surface area contributed by atoms with Crippen LogP contribution >= 0.6 is 0 Å². The van der Waals surface area contributed by atoms with Gasteiger partial charge in [0, 0.05) is 0 Å². The average molecular weight is 362 g/mol. The Labute approximate surface area is 158 Å². The summed E-state index contributed by atoms with van der Waals surface area (Å²) in [5, 5.41) is 9.90. The molecule has 0 aliphatic carbocycles. The SMILES string of the molecule is Cc1ccc(C)c(CN2N=N[C@@H]3C(=O)N(c4ccc(C)c(C)c4)C(=O)[C@H]32)c1. The number of nitrogens with zero attached hydrogens (tertiary/aromatic N) is 4. The van der Waals surface area contributed by atoms with Gasteiger partial charge in [0.1, 0.15) is 0 Å². The smallest absolute Gasteiger partial charge is 0.263 e. The van der Waals surface area contributed by atoms with E-state index in [-0.39, 0.29) is 11.8 Å². The van der Waals surface area contributed by atoms with Gasteiger partial charge in [0.15, 0.2) is 12.1 Å². The van der Waals surface area contributed by atoms with Crippen molar-refractivity contribution < 1.29 is 9.59 Å². The number of benzene rings is 2. The maximum absolute atomic E-state index is 13.1. The van der Waals surface area contributed by atoms with Gasteiger partial charge in [-0.25, -0.2) is 4.90 Å². The minimum absolute atomic E-state index is 0.261. The quantitative estimate of drug-likeness (QED) is 0.786. The van der Waals surface area contributed by atoms with Crippen molar-refractivity contribution in [2.45, 2.75) is 46.3 Å². The van der Waals surface area contributed by atoms with E-state index in [1.807, 2.05) is 45.9 Å². The molecule has 2 aliphatic rings. The largest absolute Gasteiger partial charge is 0.271 e. The molecule has 1 fully saturated rings. The zero-order chi connectivity index (χ0) is 19.3. The summed E-state index contributed by atoms with van der Waals surface area (Å²) in [5.41, 5.74) is 6.12. The van der Waals surface area contributed by atoms with Crippen molar-refractivity contribution in [2.24, 2.45) is 10.3 Å². The normalized spacial score (nSPS) is 21.3. The second kappa shape index (κ2) is 6.30. The number of imide groups is 1. The van der Waals surface area contributed by atoms with E-state index in [0.717, 1.165) is 27.8 Å². The van der Waals surface area contributed by atoms with Gasteiger partial charge in [0.05, 0.1) is 12.2 Å². The predicted octanol–water partition coefficient (Wildman–Crippen LogP) is 3.41. The second-order valence-electron chi connectivity index (χ2n) is 7.40. The van der Waals surface area contributed by atoms with E-state index in [4.69, 9.17) is 0 Å². The van der Waals surface area contributed by atoms with Crippen molar-refractivity contribution in [1.82, 2.24) is 5.01 Å². The molecule has 0 bridgehead atoms. The molecule has 2 aromatic rings. The summed E-state index contributed by atoms with van der Waals surface area (Å²) in [5.74, 6) is -0.566. The van der Waals surface area contributed by atoms with E-state index >= 15 is 0 Å². The highest BCUT2D eigenvalue weighted by Gasteiger charge is 2.54. The van der Waals surface area contributed by atoms with Gasteiger partial charge in [-0.3, -0.25) is 14.6 Å². The van der Waals surface area contributed by atoms with Crippen molar-refractivity contribution in [3.8, 4) is 0 Å². The average Bonchev–Trinajstić information content (AvgIpc) is 3.14. The number of fused-ring (bicyclic) bond motifs is 1. The van der Waals surface area contributed by atoms with Crippen LogP contribution in [0.3, 0.4) is 0 Å². The summed E-state index contributed by atoms with van der Waals surface area (Å²) >= 11 is 0. The third kappa shape index (κ3) is 2.81. The fourth-order valence-electron chi connectivity index (χ4n) is 3.62. The highest BCUT2D eigenvalue weighted by atomic mass is 16.2. The zero-order valence-electron chi connectivity index (χ0n) is 15.9. The number of hydrogen-bond donors (Lipinski definition) is 0. The number of carbonyl (C=O) groups excluding carboxylic acids is 2. The highest BCUT2D eigenvalue weighted by Crippen LogP contribution is 2.33. The Morgan fingerprint density at radius 1 is 0.889 bits per heavy atom. The van der Waals surface area contributed by atoms with Gasteiger partial charge in [-0.15, -0.1) is 0 Å². The molecule has 2 aliphatic heterocycles. The van der Waals surface area contributed by atoms with Crippen molar-refractivity contribution in [2.75, 3.05) is 4.90 Å². The molecule has 0 spiro atoms. The van der Waals surface area contributed by atoms with E-state index < -0.39 is 12.1 Å². The van der Waals surface area contributed by atoms with Crippen LogP contribution in [0.1, 0.15) is 27.8 Å². The lowest BCUT2D eigenvalue weighted by molar-refractivity contribution is -0.123. The van der Waals surface area contributed by atoms with Gasteiger partial charge in [-0.1, -0.05) is 35.1 Å². The van der Waals surface area contributed by atoms with Crippen molar-refractivity contribution >= 4 is 17.5 Å². The molecule has 1 saturated heterocycles. The van der Waals surface area contributed by atoms with E-state index in [9.17, 15) is 9.59 Å². The van der Waals surface area contributed by atoms with Gasteiger partial charge in [-0.05, 0) is 62.1 Å². The highest BCUT2D eigenvalue weighted by molar-refractivity contribution is 6.25. The van der Waals surface area contributed by atoms with E-state index in [1.165, 1.54) is 4.90 Å². The summed E-state index contributed by atoms with van der Waals surface area (Å²) in [6.07, 6.45) is 0. The molecule has 2 atom stereocenters. The summed E-state index contributed by atoms with van der Waals surface area (Å²) in [6, 6.07) is 10.4. The van der Waals surface area contributed by atoms with Gasteiger partial charge < -0.3 is 0 Å². The first-order valence-electron chi connectivity index (χ1n) is 9.05. The van der Waals surface area contributed by atoms with Crippen LogP contribution in [0, 0.1) is 27.7 Å². The minimum Gasteiger partial charge on any atom is -0.271 e. The molecule has 2 amide bonds. The predicted molar refractivity (Wildman–Crippen MR) is 102 cm³/mol. The van der Waals surface area contributed by atoms with Crippen LogP contribution in [-0.4, -0.2) is 28.9 Å². The van der Waals surface area contributed by atoms with Crippen LogP contribution in [0.5, 0.6) is 0 Å². The number of rotatable bonds is 3. The van der Waals surface area contributed by atoms with E-state index in [2.05, 4.69) is 28.5 Å². The molecule has 6 nitrogen and oxygen atoms in total. The molecule has 0 saturated carbocycles. The summed E-state index contributed by atoms with van der Waals surface area (Å²) in [4.78, 5) is 27.2. The van der Waals surface area contributed by atoms with Crippen LogP contribution in [0.4, 0.5) is 5.69 Å². The van der Waals surface area contributed by atoms with E-state index in [1.54, 1.807) is 5.01 Å². The fourth-order valence-corrected chi connectivity index (χ4v) is 3.62. The standard InChI is InChI=1S/C21H22N4O2/c1-12-5-6-14(3)16(9-12)11-24-19-18(22-23-24)20(26)25(21(19)27)17-8-7-13(2)15(4)10-17/h5-10,18-19H,11H2,1-4H3/t18-,19-/m0/s1. The number of amides is 2. The fraction of sp³-hybridized carbons (Fsp3) is 0.333. The van der Waals surface area contributed by atoms with Crippen LogP contribution in [0.25, 0.3) is 0 Å². The molecule has 0 radical (unpaired) electrons. The van der Waals surface area contributed by atoms with Crippen LogP contribution in [0.2, 0.25) is 0 Å². The number of anilines is 1. The zero-order valence-corrected chi connectivity index (χ0v) is 15.9. The lowest BCUT2D eigenvalue weighted by atomic mass is 10.0. The molecule has 0 unspecified atom stereocenters. The molecule has 2 aromatic carbocycles. The molecular weight excluding hydrogens is 340 g/mol. The first kappa shape index (κ1) is 17.4. The van der Waals surface area contributed by atoms with Crippen molar-refractivity contribution in [3.63, 3.8) is 0 Å². The Morgan fingerprint density at radius 3 is 2.37 bits per heavy atom. The van der Waals surface area contributed by atoms with E-state index in [0.29, 0.717) is 12.2 Å². The Morgan fingerprint density at radius 2 is 1.63 bits per heavy atom. The third-order valence-electron chi connectivity index (χ3n) is 5.44. The van der Waals surface area contributed by atoms with Crippen molar-refractivity contribution in [3.05, 3.63) is 64.2 Å². The summed E-state index contributed by atoms with van der Waals surface area (Å²) in [6.45, 7) is 8.49. The molecular formula is C21H22N4O2. The Hall–Kier alpha value is -3.02. The lowest BCUT2D eigenvalue weighted by Crippen LogP contribution is -2.39. The first-order chi connectivity index (χ1) is 12.9. The minimum atomic E-state index is -0.760. The molecule has 4 rings (SSSR count). The molecule has 2 heterocycles. The molecule has 27 heavy (non-hydrogen) atoms.